The van der Waals surface area contributed by atoms with Gasteiger partial charge in [0.2, 0.25) is 5.76 Å². The predicted molar refractivity (Wildman–Crippen MR) is 109 cm³/mol. The number of aromatic amines is 1. The lowest BCUT2D eigenvalue weighted by Gasteiger charge is -2.20. The molecule has 2 atom stereocenters. The Morgan fingerprint density at radius 2 is 1.94 bits per heavy atom. The number of hydrogen-bond donors (Lipinski definition) is 3. The molecule has 0 amide bonds. The number of phenols is 1. The molecule has 1 aromatic carbocycles. The summed E-state index contributed by atoms with van der Waals surface area (Å²) in [5, 5.41) is 19.5. The number of ether oxygens (including phenoxy) is 2. The molecule has 2 heterocycles. The number of hydrogen-bond acceptors (Lipinski definition) is 9. The first-order chi connectivity index (χ1) is 14.7. The molecule has 0 radical (unpaired) electrons. The molecule has 0 aliphatic heterocycles. The van der Waals surface area contributed by atoms with E-state index >= 15 is 0 Å². The van der Waals surface area contributed by atoms with Crippen molar-refractivity contribution < 1.29 is 24.5 Å². The molecule has 11 nitrogen and oxygen atoms in total. The number of carbonyl (C=O) groups excluding carboxylic acids is 1. The Kier molecular flexibility index (Phi) is 6.16. The van der Waals surface area contributed by atoms with Gasteiger partial charge >= 0.3 is 11.7 Å². The van der Waals surface area contributed by atoms with Crippen molar-refractivity contribution in [3.8, 4) is 5.75 Å². The molecule has 2 unspecified atom stereocenters. The zero-order valence-corrected chi connectivity index (χ0v) is 16.9. The van der Waals surface area contributed by atoms with E-state index in [1.54, 1.807) is 12.1 Å². The zero-order valence-electron chi connectivity index (χ0n) is 16.9. The summed E-state index contributed by atoms with van der Waals surface area (Å²) in [6.07, 6.45) is 0.142. The van der Waals surface area contributed by atoms with E-state index in [4.69, 9.17) is 9.47 Å². The molecule has 0 bridgehead atoms. The molecule has 0 fully saturated rings. The van der Waals surface area contributed by atoms with Crippen LogP contribution in [0.4, 0.5) is 0 Å². The average Bonchev–Trinajstić information content (AvgIpc) is 2.74. The summed E-state index contributed by atoms with van der Waals surface area (Å²) >= 11 is 0. The number of aliphatic hydroxyl groups is 1. The Morgan fingerprint density at radius 3 is 2.55 bits per heavy atom. The van der Waals surface area contributed by atoms with E-state index in [0.29, 0.717) is 5.56 Å². The van der Waals surface area contributed by atoms with E-state index in [9.17, 15) is 24.6 Å². The first-order valence-electron chi connectivity index (χ1n) is 9.11. The van der Waals surface area contributed by atoms with Crippen LogP contribution >= 0.6 is 0 Å². The van der Waals surface area contributed by atoms with E-state index in [1.807, 2.05) is 0 Å². The van der Waals surface area contributed by atoms with Crippen molar-refractivity contribution in [3.05, 3.63) is 68.3 Å². The number of phenolic OH excluding ortho intramolecular Hbond substituents is 1. The van der Waals surface area contributed by atoms with Crippen LogP contribution in [0.3, 0.4) is 0 Å². The fraction of sp³-hybridized carbons (Fsp3) is 0.250. The van der Waals surface area contributed by atoms with Crippen molar-refractivity contribution in [1.29, 1.82) is 0 Å². The van der Waals surface area contributed by atoms with Gasteiger partial charge in [-0.1, -0.05) is 12.1 Å². The van der Waals surface area contributed by atoms with Crippen LogP contribution in [-0.2, 0) is 21.3 Å². The Bertz CT molecular complexity index is 1260. The van der Waals surface area contributed by atoms with Gasteiger partial charge in [0.25, 0.3) is 5.56 Å². The minimum atomic E-state index is -1.26. The number of aromatic nitrogens is 4. The van der Waals surface area contributed by atoms with Crippen LogP contribution in [0.5, 0.6) is 5.75 Å². The quantitative estimate of drug-likeness (QED) is 0.287. The van der Waals surface area contributed by atoms with Gasteiger partial charge in [0.1, 0.15) is 11.4 Å². The molecule has 2 aromatic heterocycles. The summed E-state index contributed by atoms with van der Waals surface area (Å²) in [6, 6.07) is 6.02. The molecule has 3 aromatic rings. The third-order valence-electron chi connectivity index (χ3n) is 4.41. The molecule has 3 rings (SSSR count). The van der Waals surface area contributed by atoms with Gasteiger partial charge in [-0.15, -0.1) is 0 Å². The molecule has 0 aliphatic carbocycles. The molecule has 0 saturated heterocycles. The van der Waals surface area contributed by atoms with E-state index < -0.39 is 29.4 Å². The van der Waals surface area contributed by atoms with E-state index in [-0.39, 0.29) is 28.4 Å². The number of methoxy groups -OCH3 is 1. The molecular weight excluding hydrogens is 408 g/mol. The molecule has 162 valence electrons. The van der Waals surface area contributed by atoms with Crippen molar-refractivity contribution in [2.45, 2.75) is 19.1 Å². The van der Waals surface area contributed by atoms with Crippen molar-refractivity contribution >= 4 is 23.2 Å². The van der Waals surface area contributed by atoms with Gasteiger partial charge in [-0.2, -0.15) is 0 Å². The number of aromatic hydroxyl groups is 1. The number of nitrogens with zero attached hydrogens (tertiary/aromatic N) is 3. The van der Waals surface area contributed by atoms with Crippen LogP contribution < -0.4 is 11.2 Å². The highest BCUT2D eigenvalue weighted by Crippen LogP contribution is 2.23. The number of rotatable bonds is 6. The minimum absolute atomic E-state index is 0.0140. The molecule has 0 aliphatic rings. The van der Waals surface area contributed by atoms with E-state index in [0.717, 1.165) is 4.57 Å². The second-order valence-electron chi connectivity index (χ2n) is 6.66. The number of nitrogens with one attached hydrogen (secondary N) is 1. The van der Waals surface area contributed by atoms with Crippen molar-refractivity contribution in [3.63, 3.8) is 0 Å². The fourth-order valence-corrected chi connectivity index (χ4v) is 2.77. The van der Waals surface area contributed by atoms with Crippen LogP contribution in [0.1, 0.15) is 24.3 Å². The standard InChI is InChI=1S/C20H20N4O7/c1-10(25)16(13-9-21-17-15(22-13)18(27)23-20(29)24(17)2)31-19(28)14(30-3)8-11-4-6-12(26)7-5-11/h4-10,16,25-26H,1-3H3,(H,23,27,29). The SMILES string of the molecule is COC(=Cc1ccc(O)cc1)C(=O)OC(c1cnc2c(n1)c(=O)[nH]c(=O)n2C)C(C)O. The van der Waals surface area contributed by atoms with Crippen LogP contribution in [0.25, 0.3) is 17.2 Å². The first kappa shape index (κ1) is 21.7. The summed E-state index contributed by atoms with van der Waals surface area (Å²) in [5.41, 5.74) is -0.931. The molecule has 0 saturated carbocycles. The summed E-state index contributed by atoms with van der Waals surface area (Å²) < 4.78 is 11.6. The minimum Gasteiger partial charge on any atom is -0.508 e. The van der Waals surface area contributed by atoms with Gasteiger partial charge in [-0.05, 0) is 30.7 Å². The molecule has 0 spiro atoms. The molecular formula is C20H20N4O7. The summed E-state index contributed by atoms with van der Waals surface area (Å²) in [5.74, 6) is -0.988. The number of aliphatic hydroxyl groups excluding tert-OH is 1. The second-order valence-corrected chi connectivity index (χ2v) is 6.66. The first-order valence-corrected chi connectivity index (χ1v) is 9.11. The van der Waals surface area contributed by atoms with E-state index in [2.05, 4.69) is 15.0 Å². The fourth-order valence-electron chi connectivity index (χ4n) is 2.77. The van der Waals surface area contributed by atoms with Gasteiger partial charge in [0.05, 0.1) is 19.4 Å². The molecule has 31 heavy (non-hydrogen) atoms. The Morgan fingerprint density at radius 1 is 1.26 bits per heavy atom. The third kappa shape index (κ3) is 4.61. The van der Waals surface area contributed by atoms with Gasteiger partial charge in [0, 0.05) is 7.05 Å². The van der Waals surface area contributed by atoms with E-state index in [1.165, 1.54) is 45.5 Å². The third-order valence-corrected chi connectivity index (χ3v) is 4.41. The molecule has 3 N–H and O–H groups in total. The lowest BCUT2D eigenvalue weighted by Crippen LogP contribution is -2.30. The van der Waals surface area contributed by atoms with Gasteiger partial charge < -0.3 is 19.7 Å². The number of fused-ring (bicyclic) bond motifs is 1. The van der Waals surface area contributed by atoms with Gasteiger partial charge in [-0.3, -0.25) is 14.3 Å². The monoisotopic (exact) mass is 428 g/mol. The maximum Gasteiger partial charge on any atom is 0.374 e. The highest BCUT2D eigenvalue weighted by Gasteiger charge is 2.27. The van der Waals surface area contributed by atoms with Crippen LogP contribution in [0.2, 0.25) is 0 Å². The van der Waals surface area contributed by atoms with Crippen LogP contribution in [0, 0.1) is 0 Å². The predicted octanol–water partition coefficient (Wildman–Crippen LogP) is 0.375. The number of benzene rings is 1. The topological polar surface area (TPSA) is 157 Å². The number of H-pyrrole nitrogens is 1. The van der Waals surface area contributed by atoms with Crippen molar-refractivity contribution in [2.24, 2.45) is 7.05 Å². The van der Waals surface area contributed by atoms with Crippen LogP contribution in [0.15, 0.2) is 45.8 Å². The normalized spacial score (nSPS) is 13.6. The van der Waals surface area contributed by atoms with Crippen LogP contribution in [-0.4, -0.2) is 48.9 Å². The Hall–Kier alpha value is -3.99. The van der Waals surface area contributed by atoms with Crippen molar-refractivity contribution in [1.82, 2.24) is 19.5 Å². The largest absolute Gasteiger partial charge is 0.508 e. The molecule has 11 heteroatoms. The summed E-state index contributed by atoms with van der Waals surface area (Å²) in [4.78, 5) is 46.7. The highest BCUT2D eigenvalue weighted by atomic mass is 16.6. The highest BCUT2D eigenvalue weighted by molar-refractivity contribution is 5.91. The Labute approximate surface area is 175 Å². The lowest BCUT2D eigenvalue weighted by atomic mass is 10.1. The second kappa shape index (κ2) is 8.79. The summed E-state index contributed by atoms with van der Waals surface area (Å²) in [6.45, 7) is 1.38. The average molecular weight is 428 g/mol. The lowest BCUT2D eigenvalue weighted by molar-refractivity contribution is -0.154. The Balaban J connectivity index is 1.95. The summed E-state index contributed by atoms with van der Waals surface area (Å²) in [7, 11) is 2.70. The maximum atomic E-state index is 12.6. The number of esters is 1. The zero-order chi connectivity index (χ0) is 22.7. The smallest absolute Gasteiger partial charge is 0.374 e. The van der Waals surface area contributed by atoms with Crippen molar-refractivity contribution in [2.75, 3.05) is 7.11 Å². The maximum absolute atomic E-state index is 12.6. The number of aryl methyl sites for hydroxylation is 1. The number of carbonyl (C=O) groups is 1. The van der Waals surface area contributed by atoms with Gasteiger partial charge in [0.15, 0.2) is 17.3 Å². The van der Waals surface area contributed by atoms with Gasteiger partial charge in [-0.25, -0.2) is 19.6 Å².